The lowest BCUT2D eigenvalue weighted by atomic mass is 10.1. The van der Waals surface area contributed by atoms with Crippen molar-refractivity contribution in [1.82, 2.24) is 9.97 Å². The van der Waals surface area contributed by atoms with Gasteiger partial charge in [-0.05, 0) is 36.2 Å². The van der Waals surface area contributed by atoms with Gasteiger partial charge in [0.05, 0.1) is 5.39 Å². The van der Waals surface area contributed by atoms with Crippen LogP contribution in [0.25, 0.3) is 10.9 Å². The van der Waals surface area contributed by atoms with Gasteiger partial charge in [0.15, 0.2) is 0 Å². The van der Waals surface area contributed by atoms with Crippen molar-refractivity contribution in [2.24, 2.45) is 0 Å². The van der Waals surface area contributed by atoms with Crippen molar-refractivity contribution in [3.05, 3.63) is 59.9 Å². The average molecular weight is 301 g/mol. The number of phenols is 1. The average Bonchev–Trinajstić information content (AvgIpc) is 2.51. The van der Waals surface area contributed by atoms with Crippen LogP contribution in [0.5, 0.6) is 5.75 Å². The second kappa shape index (κ2) is 5.93. The summed E-state index contributed by atoms with van der Waals surface area (Å²) in [5.41, 5.74) is 0.882. The van der Waals surface area contributed by atoms with E-state index in [9.17, 15) is 13.9 Å². The number of aromatic nitrogens is 2. The topological polar surface area (TPSA) is 58.0 Å². The third kappa shape index (κ3) is 2.81. The lowest BCUT2D eigenvalue weighted by molar-refractivity contribution is 0.474. The molecule has 2 aromatic carbocycles. The quantitative estimate of drug-likeness (QED) is 0.776. The van der Waals surface area contributed by atoms with Gasteiger partial charge in [0, 0.05) is 6.54 Å². The molecule has 4 nitrogen and oxygen atoms in total. The molecule has 0 atom stereocenters. The highest BCUT2D eigenvalue weighted by Crippen LogP contribution is 2.24. The molecule has 0 saturated carbocycles. The van der Waals surface area contributed by atoms with Gasteiger partial charge in [-0.15, -0.1) is 0 Å². The van der Waals surface area contributed by atoms with Gasteiger partial charge in [0.2, 0.25) is 0 Å². The number of halogens is 2. The normalized spacial score (nSPS) is 10.8. The highest BCUT2D eigenvalue weighted by Gasteiger charge is 2.12. The number of hydrogen-bond acceptors (Lipinski definition) is 4. The number of aromatic hydroxyl groups is 1. The Labute approximate surface area is 125 Å². The van der Waals surface area contributed by atoms with Crippen LogP contribution in [-0.2, 0) is 6.42 Å². The third-order valence-corrected chi connectivity index (χ3v) is 3.31. The molecular formula is C16H13F2N3O. The third-order valence-electron chi connectivity index (χ3n) is 3.31. The Balaban J connectivity index is 1.81. The lowest BCUT2D eigenvalue weighted by Crippen LogP contribution is -2.08. The summed E-state index contributed by atoms with van der Waals surface area (Å²) in [5.74, 6) is -0.716. The monoisotopic (exact) mass is 301 g/mol. The van der Waals surface area contributed by atoms with Crippen molar-refractivity contribution in [3.63, 3.8) is 0 Å². The zero-order valence-corrected chi connectivity index (χ0v) is 11.6. The van der Waals surface area contributed by atoms with Gasteiger partial charge in [-0.1, -0.05) is 12.1 Å². The predicted molar refractivity (Wildman–Crippen MR) is 79.8 cm³/mol. The first-order valence-electron chi connectivity index (χ1n) is 6.75. The summed E-state index contributed by atoms with van der Waals surface area (Å²) >= 11 is 0. The summed E-state index contributed by atoms with van der Waals surface area (Å²) in [6.45, 7) is 0.464. The maximum Gasteiger partial charge on any atom is 0.149 e. The minimum absolute atomic E-state index is 0.0402. The Morgan fingerprint density at radius 3 is 2.68 bits per heavy atom. The molecule has 0 saturated heterocycles. The van der Waals surface area contributed by atoms with Crippen molar-refractivity contribution in [3.8, 4) is 5.75 Å². The fourth-order valence-electron chi connectivity index (χ4n) is 2.27. The first-order chi connectivity index (χ1) is 10.6. The van der Waals surface area contributed by atoms with Gasteiger partial charge >= 0.3 is 0 Å². The van der Waals surface area contributed by atoms with Crippen molar-refractivity contribution in [1.29, 1.82) is 0 Å². The van der Waals surface area contributed by atoms with Gasteiger partial charge in [-0.2, -0.15) is 0 Å². The SMILES string of the molecule is Oc1cccc(CCNc2ncnc3c(F)ccc(F)c23)c1. The molecule has 0 amide bonds. The second-order valence-corrected chi connectivity index (χ2v) is 4.82. The smallest absolute Gasteiger partial charge is 0.149 e. The number of fused-ring (bicyclic) bond motifs is 1. The van der Waals surface area contributed by atoms with Gasteiger partial charge in [-0.25, -0.2) is 18.7 Å². The van der Waals surface area contributed by atoms with Crippen LogP contribution in [0.3, 0.4) is 0 Å². The van der Waals surface area contributed by atoms with Gasteiger partial charge in [0.1, 0.15) is 35.0 Å². The number of phenolic OH excluding ortho intramolecular Hbond substituents is 1. The van der Waals surface area contributed by atoms with E-state index >= 15 is 0 Å². The number of nitrogens with zero attached hydrogens (tertiary/aromatic N) is 2. The Morgan fingerprint density at radius 2 is 1.86 bits per heavy atom. The van der Waals surface area contributed by atoms with E-state index in [-0.39, 0.29) is 22.5 Å². The molecule has 112 valence electrons. The zero-order valence-electron chi connectivity index (χ0n) is 11.6. The Hall–Kier alpha value is -2.76. The van der Waals surface area contributed by atoms with E-state index in [1.165, 1.54) is 6.33 Å². The molecule has 0 radical (unpaired) electrons. The zero-order chi connectivity index (χ0) is 15.5. The summed E-state index contributed by atoms with van der Waals surface area (Å²) in [4.78, 5) is 7.76. The van der Waals surface area contributed by atoms with E-state index in [4.69, 9.17) is 0 Å². The second-order valence-electron chi connectivity index (χ2n) is 4.82. The lowest BCUT2D eigenvalue weighted by Gasteiger charge is -2.09. The Kier molecular flexibility index (Phi) is 3.82. The minimum Gasteiger partial charge on any atom is -0.508 e. The largest absolute Gasteiger partial charge is 0.508 e. The van der Waals surface area contributed by atoms with E-state index < -0.39 is 11.6 Å². The van der Waals surface area contributed by atoms with Crippen LogP contribution in [0.15, 0.2) is 42.7 Å². The maximum absolute atomic E-state index is 13.9. The van der Waals surface area contributed by atoms with Crippen LogP contribution in [0.2, 0.25) is 0 Å². The molecule has 0 fully saturated rings. The van der Waals surface area contributed by atoms with Gasteiger partial charge < -0.3 is 10.4 Å². The summed E-state index contributed by atoms with van der Waals surface area (Å²) in [5, 5.41) is 12.4. The van der Waals surface area contributed by atoms with Crippen LogP contribution in [-0.4, -0.2) is 21.6 Å². The van der Waals surface area contributed by atoms with Gasteiger partial charge in [-0.3, -0.25) is 0 Å². The minimum atomic E-state index is -0.588. The molecule has 1 heterocycles. The van der Waals surface area contributed by atoms with Crippen molar-refractivity contribution in [2.45, 2.75) is 6.42 Å². The summed E-state index contributed by atoms with van der Waals surface area (Å²) in [6.07, 6.45) is 1.80. The molecule has 0 aliphatic rings. The molecule has 2 N–H and O–H groups in total. The van der Waals surface area contributed by atoms with E-state index in [0.29, 0.717) is 13.0 Å². The molecule has 0 spiro atoms. The summed E-state index contributed by atoms with van der Waals surface area (Å²) < 4.78 is 27.6. The fourth-order valence-corrected chi connectivity index (χ4v) is 2.27. The van der Waals surface area contributed by atoms with Crippen LogP contribution in [0, 0.1) is 11.6 Å². The van der Waals surface area contributed by atoms with Crippen LogP contribution in [0.4, 0.5) is 14.6 Å². The number of benzene rings is 2. The highest BCUT2D eigenvalue weighted by molar-refractivity contribution is 5.89. The van der Waals surface area contributed by atoms with E-state index in [0.717, 1.165) is 17.7 Å². The molecule has 22 heavy (non-hydrogen) atoms. The molecule has 1 aromatic heterocycles. The van der Waals surface area contributed by atoms with Crippen LogP contribution < -0.4 is 5.32 Å². The molecule has 6 heteroatoms. The molecule has 0 bridgehead atoms. The van der Waals surface area contributed by atoms with Crippen LogP contribution >= 0.6 is 0 Å². The maximum atomic E-state index is 13.9. The first kappa shape index (κ1) is 14.2. The number of hydrogen-bond donors (Lipinski definition) is 2. The molecule has 0 unspecified atom stereocenters. The summed E-state index contributed by atoms with van der Waals surface area (Å²) in [7, 11) is 0. The van der Waals surface area contributed by atoms with E-state index in [1.54, 1.807) is 18.2 Å². The van der Waals surface area contributed by atoms with Crippen molar-refractivity contribution >= 4 is 16.7 Å². The summed E-state index contributed by atoms with van der Waals surface area (Å²) in [6, 6.07) is 8.97. The van der Waals surface area contributed by atoms with Crippen molar-refractivity contribution < 1.29 is 13.9 Å². The Morgan fingerprint density at radius 1 is 1.05 bits per heavy atom. The number of nitrogens with one attached hydrogen (secondary N) is 1. The molecule has 0 aliphatic carbocycles. The molecule has 0 aliphatic heterocycles. The highest BCUT2D eigenvalue weighted by atomic mass is 19.1. The standard InChI is InChI=1S/C16H13F2N3O/c17-12-4-5-13(18)15-14(12)16(21-9-20-15)19-7-6-10-2-1-3-11(22)8-10/h1-5,8-9,22H,6-7H2,(H,19,20,21). The van der Waals surface area contributed by atoms with E-state index in [1.807, 2.05) is 6.07 Å². The fraction of sp³-hybridized carbons (Fsp3) is 0.125. The molecule has 3 aromatic rings. The Bertz CT molecular complexity index is 824. The predicted octanol–water partition coefficient (Wildman–Crippen LogP) is 3.27. The molecule has 3 rings (SSSR count). The van der Waals surface area contributed by atoms with Gasteiger partial charge in [0.25, 0.3) is 0 Å². The number of rotatable bonds is 4. The first-order valence-corrected chi connectivity index (χ1v) is 6.75. The molecular weight excluding hydrogens is 288 g/mol. The number of anilines is 1. The van der Waals surface area contributed by atoms with Crippen molar-refractivity contribution in [2.75, 3.05) is 11.9 Å². The van der Waals surface area contributed by atoms with Crippen LogP contribution in [0.1, 0.15) is 5.56 Å². The van der Waals surface area contributed by atoms with E-state index in [2.05, 4.69) is 15.3 Å².